The number of carbonyl (C=O) groups excluding carboxylic acids is 1. The van der Waals surface area contributed by atoms with Crippen molar-refractivity contribution >= 4 is 70.4 Å². The van der Waals surface area contributed by atoms with E-state index in [9.17, 15) is 4.79 Å². The highest BCUT2D eigenvalue weighted by molar-refractivity contribution is 8.20. The molecular weight excluding hydrogens is 449 g/mol. The zero-order chi connectivity index (χ0) is 17.5. The number of carbonyl (C=O) groups is 1. The van der Waals surface area contributed by atoms with Crippen LogP contribution in [0.15, 0.2) is 25.7 Å². The molecule has 0 aromatic carbocycles. The Labute approximate surface area is 153 Å². The molecule has 1 saturated heterocycles. The topological polar surface area (TPSA) is 81.8 Å². The molecule has 0 radical (unpaired) electrons. The van der Waals surface area contributed by atoms with Crippen LogP contribution in [0.25, 0.3) is 0 Å². The zero-order valence-electron chi connectivity index (χ0n) is 12.2. The van der Waals surface area contributed by atoms with Crippen LogP contribution >= 0.6 is 64.4 Å². The standard InChI is InChI=1S/C9H14Cl4N3O4P3/c1-7(2)8(17)18-4-9(3)5-19-23(20-6-9)15-21(10,11)14-22(12,13)16-23/h1,4-6H2,2-3H3. The lowest BCUT2D eigenvalue weighted by atomic mass is 9.94. The van der Waals surface area contributed by atoms with Crippen molar-refractivity contribution in [2.24, 2.45) is 19.0 Å². The zero-order valence-corrected chi connectivity index (χ0v) is 17.9. The third-order valence-corrected chi connectivity index (χ3v) is 13.8. The predicted octanol–water partition coefficient (Wildman–Crippen LogP) is 6.97. The molecule has 0 amide bonds. The molecule has 0 saturated carbocycles. The van der Waals surface area contributed by atoms with Gasteiger partial charge in [-0.05, 0) is 51.9 Å². The van der Waals surface area contributed by atoms with Crippen molar-refractivity contribution in [1.29, 1.82) is 0 Å². The number of esters is 1. The second-order valence-electron chi connectivity index (χ2n) is 5.38. The van der Waals surface area contributed by atoms with Crippen molar-refractivity contribution in [1.82, 2.24) is 0 Å². The minimum atomic E-state index is -3.10. The Morgan fingerprint density at radius 3 is 2.17 bits per heavy atom. The maximum Gasteiger partial charge on any atom is 0.345 e. The summed E-state index contributed by atoms with van der Waals surface area (Å²) >= 11 is 24.1. The highest BCUT2D eigenvalue weighted by Gasteiger charge is 2.43. The minimum Gasteiger partial charge on any atom is -0.462 e. The predicted molar refractivity (Wildman–Crippen MR) is 97.2 cm³/mol. The van der Waals surface area contributed by atoms with Crippen LogP contribution in [-0.4, -0.2) is 25.8 Å². The molecule has 0 N–H and O–H groups in total. The van der Waals surface area contributed by atoms with Crippen molar-refractivity contribution in [3.05, 3.63) is 12.2 Å². The van der Waals surface area contributed by atoms with E-state index in [4.69, 9.17) is 58.7 Å². The van der Waals surface area contributed by atoms with E-state index in [2.05, 4.69) is 20.1 Å². The Bertz CT molecular complexity index is 693. The van der Waals surface area contributed by atoms with Crippen LogP contribution in [0, 0.1) is 5.41 Å². The summed E-state index contributed by atoms with van der Waals surface area (Å²) in [5.41, 5.74) is -0.262. The first-order valence-electron chi connectivity index (χ1n) is 6.18. The van der Waals surface area contributed by atoms with E-state index in [1.165, 1.54) is 0 Å². The van der Waals surface area contributed by atoms with Crippen molar-refractivity contribution in [3.63, 3.8) is 0 Å². The Balaban J connectivity index is 2.14. The fourth-order valence-corrected chi connectivity index (χ4v) is 15.9. The molecule has 0 aromatic heterocycles. The first kappa shape index (κ1) is 20.3. The average Bonchev–Trinajstić information content (AvgIpc) is 2.36. The van der Waals surface area contributed by atoms with Gasteiger partial charge < -0.3 is 13.8 Å². The summed E-state index contributed by atoms with van der Waals surface area (Å²) in [5, 5.41) is 0. The van der Waals surface area contributed by atoms with Gasteiger partial charge in [0.1, 0.15) is 6.61 Å². The van der Waals surface area contributed by atoms with Crippen LogP contribution in [0.5, 0.6) is 0 Å². The smallest absolute Gasteiger partial charge is 0.345 e. The highest BCUT2D eigenvalue weighted by atomic mass is 35.9. The second-order valence-corrected chi connectivity index (χ2v) is 17.5. The van der Waals surface area contributed by atoms with Gasteiger partial charge in [0, 0.05) is 11.0 Å². The van der Waals surface area contributed by atoms with E-state index in [-0.39, 0.29) is 19.8 Å². The molecule has 2 heterocycles. The summed E-state index contributed by atoms with van der Waals surface area (Å²) < 4.78 is 28.6. The number of nitrogens with zero attached hydrogens (tertiary/aromatic N) is 3. The highest BCUT2D eigenvalue weighted by Crippen LogP contribution is 2.86. The quantitative estimate of drug-likeness (QED) is 0.257. The van der Waals surface area contributed by atoms with Gasteiger partial charge in [0.15, 0.2) is 0 Å². The van der Waals surface area contributed by atoms with E-state index in [1.807, 2.05) is 6.92 Å². The van der Waals surface area contributed by atoms with Crippen molar-refractivity contribution in [2.75, 3.05) is 19.8 Å². The van der Waals surface area contributed by atoms with E-state index in [0.717, 1.165) is 0 Å². The summed E-state index contributed by atoms with van der Waals surface area (Å²) in [6, 6.07) is 0. The van der Waals surface area contributed by atoms with Crippen LogP contribution in [0.1, 0.15) is 13.8 Å². The maximum absolute atomic E-state index is 11.5. The lowest BCUT2D eigenvalue weighted by Crippen LogP contribution is -2.37. The summed E-state index contributed by atoms with van der Waals surface area (Å²) in [7, 11) is -3.10. The Morgan fingerprint density at radius 2 is 1.70 bits per heavy atom. The molecular formula is C9H14Cl4N3O4P3. The largest absolute Gasteiger partial charge is 0.462 e. The van der Waals surface area contributed by atoms with E-state index >= 15 is 0 Å². The fourth-order valence-electron chi connectivity index (χ4n) is 1.56. The van der Waals surface area contributed by atoms with Gasteiger partial charge in [0.25, 0.3) is 11.8 Å². The first-order valence-corrected chi connectivity index (χ1v) is 14.7. The summed E-state index contributed by atoms with van der Waals surface area (Å²) in [6.07, 6.45) is 0. The van der Waals surface area contributed by atoms with Gasteiger partial charge in [0.05, 0.1) is 13.2 Å². The monoisotopic (exact) mass is 461 g/mol. The molecule has 0 aromatic rings. The van der Waals surface area contributed by atoms with Crippen LogP contribution in [0.2, 0.25) is 0 Å². The summed E-state index contributed by atoms with van der Waals surface area (Å²) in [5.74, 6) is -6.66. The SMILES string of the molecule is C=C(C)C(=O)OCC1(C)COP2(=NP(Cl)(Cl)=NP(Cl)(Cl)=N2)OC1. The summed E-state index contributed by atoms with van der Waals surface area (Å²) in [4.78, 5) is 11.5. The third kappa shape index (κ3) is 5.48. The van der Waals surface area contributed by atoms with Gasteiger partial charge in [-0.25, -0.2) is 4.79 Å². The molecule has 2 aliphatic rings. The molecule has 0 unspecified atom stereocenters. The molecule has 2 aliphatic heterocycles. The van der Waals surface area contributed by atoms with Crippen LogP contribution in [-0.2, 0) is 18.6 Å². The van der Waals surface area contributed by atoms with E-state index in [0.29, 0.717) is 5.57 Å². The van der Waals surface area contributed by atoms with Crippen LogP contribution in [0.4, 0.5) is 0 Å². The molecule has 0 atom stereocenters. The molecule has 1 fully saturated rings. The second kappa shape index (κ2) is 6.95. The number of halogens is 4. The number of ether oxygens (including phenoxy) is 1. The lowest BCUT2D eigenvalue weighted by Gasteiger charge is -2.38. The Kier molecular flexibility index (Phi) is 6.13. The van der Waals surface area contributed by atoms with Crippen molar-refractivity contribution in [2.45, 2.75) is 13.8 Å². The molecule has 1 spiro atoms. The lowest BCUT2D eigenvalue weighted by molar-refractivity contribution is -0.144. The van der Waals surface area contributed by atoms with Crippen LogP contribution in [0.3, 0.4) is 0 Å². The van der Waals surface area contributed by atoms with Crippen LogP contribution < -0.4 is 0 Å². The minimum absolute atomic E-state index is 0.0904. The van der Waals surface area contributed by atoms with Crippen molar-refractivity contribution in [3.8, 4) is 0 Å². The molecule has 0 bridgehead atoms. The first-order chi connectivity index (χ1) is 10.4. The number of hydrogen-bond acceptors (Lipinski definition) is 7. The van der Waals surface area contributed by atoms with E-state index < -0.39 is 30.9 Å². The molecule has 0 aliphatic carbocycles. The molecule has 2 rings (SSSR count). The summed E-state index contributed by atoms with van der Waals surface area (Å²) in [6.45, 7) is 7.34. The molecule has 7 nitrogen and oxygen atoms in total. The van der Waals surface area contributed by atoms with Gasteiger partial charge >= 0.3 is 13.6 Å². The van der Waals surface area contributed by atoms with Gasteiger partial charge in [-0.3, -0.25) is 0 Å². The van der Waals surface area contributed by atoms with Gasteiger partial charge in [-0.2, -0.15) is 13.5 Å². The van der Waals surface area contributed by atoms with Crippen molar-refractivity contribution < 1.29 is 18.6 Å². The fraction of sp³-hybridized carbons (Fsp3) is 0.667. The Morgan fingerprint density at radius 1 is 1.17 bits per heavy atom. The number of rotatable bonds is 3. The maximum atomic E-state index is 11.5. The molecule has 132 valence electrons. The molecule has 23 heavy (non-hydrogen) atoms. The van der Waals surface area contributed by atoms with E-state index in [1.54, 1.807) is 6.92 Å². The normalized spacial score (nSPS) is 34.7. The Hall–Kier alpha value is 0.980. The van der Waals surface area contributed by atoms with Gasteiger partial charge in [0.2, 0.25) is 0 Å². The average molecular weight is 463 g/mol. The van der Waals surface area contributed by atoms with Gasteiger partial charge in [-0.1, -0.05) is 13.5 Å². The third-order valence-electron chi connectivity index (χ3n) is 2.72. The van der Waals surface area contributed by atoms with Gasteiger partial charge in [-0.15, -0.1) is 0 Å². The molecule has 14 heteroatoms. The number of hydrogen-bond donors (Lipinski definition) is 0.